The van der Waals surface area contributed by atoms with Gasteiger partial charge in [-0.1, -0.05) is 39.8 Å². The van der Waals surface area contributed by atoms with Crippen LogP contribution >= 0.6 is 12.4 Å². The summed E-state index contributed by atoms with van der Waals surface area (Å²) in [5, 5.41) is 10.3. The van der Waals surface area contributed by atoms with Gasteiger partial charge in [-0.05, 0) is 60.4 Å². The van der Waals surface area contributed by atoms with Crippen LogP contribution < -0.4 is 0 Å². The maximum Gasteiger partial charge on any atom is 0.119 e. The summed E-state index contributed by atoms with van der Waals surface area (Å²) in [7, 11) is 0. The summed E-state index contributed by atoms with van der Waals surface area (Å²) in [5.74, 6) is 0.487. The number of nitrogens with zero attached hydrogens (tertiary/aromatic N) is 1. The number of hydrogen-bond donors (Lipinski definition) is 1. The SMILES string of the molecule is CCCN1CCC2(C)C1Cc1c(O)cccc1C2(C)C.Cl. The molecule has 1 aliphatic carbocycles. The molecule has 1 heterocycles. The Morgan fingerprint density at radius 1 is 1.29 bits per heavy atom. The van der Waals surface area contributed by atoms with Crippen LogP contribution in [-0.2, 0) is 11.8 Å². The third kappa shape index (κ3) is 2.19. The maximum absolute atomic E-state index is 10.3. The van der Waals surface area contributed by atoms with Gasteiger partial charge in [0.05, 0.1) is 0 Å². The van der Waals surface area contributed by atoms with Crippen molar-refractivity contribution in [3.63, 3.8) is 0 Å². The van der Waals surface area contributed by atoms with Crippen LogP contribution in [0.2, 0.25) is 0 Å². The lowest BCUT2D eigenvalue weighted by atomic mass is 9.54. The van der Waals surface area contributed by atoms with Crippen molar-refractivity contribution < 1.29 is 5.11 Å². The van der Waals surface area contributed by atoms with E-state index in [1.807, 2.05) is 12.1 Å². The number of hydrogen-bond acceptors (Lipinski definition) is 2. The van der Waals surface area contributed by atoms with Gasteiger partial charge in [0.25, 0.3) is 0 Å². The van der Waals surface area contributed by atoms with Crippen LogP contribution in [-0.4, -0.2) is 29.1 Å². The zero-order valence-electron chi connectivity index (χ0n) is 13.6. The van der Waals surface area contributed by atoms with Gasteiger partial charge in [0.2, 0.25) is 0 Å². The summed E-state index contributed by atoms with van der Waals surface area (Å²) in [6.07, 6.45) is 3.47. The quantitative estimate of drug-likeness (QED) is 0.887. The van der Waals surface area contributed by atoms with E-state index in [4.69, 9.17) is 0 Å². The molecule has 1 aromatic rings. The van der Waals surface area contributed by atoms with Crippen molar-refractivity contribution in [2.45, 2.75) is 58.4 Å². The number of aromatic hydroxyl groups is 1. The molecule has 2 unspecified atom stereocenters. The van der Waals surface area contributed by atoms with E-state index in [0.717, 1.165) is 6.42 Å². The largest absolute Gasteiger partial charge is 0.508 e. The molecule has 0 radical (unpaired) electrons. The fourth-order valence-corrected chi connectivity index (χ4v) is 4.62. The second kappa shape index (κ2) is 5.48. The van der Waals surface area contributed by atoms with Crippen LogP contribution in [0.1, 0.15) is 51.7 Å². The number of likely N-dealkylation sites (tertiary alicyclic amines) is 1. The van der Waals surface area contributed by atoms with Gasteiger partial charge in [0, 0.05) is 6.04 Å². The molecule has 0 saturated carbocycles. The minimum absolute atomic E-state index is 0. The lowest BCUT2D eigenvalue weighted by molar-refractivity contribution is 0.0792. The predicted molar refractivity (Wildman–Crippen MR) is 90.5 cm³/mol. The average Bonchev–Trinajstić information content (AvgIpc) is 2.71. The number of phenols is 1. The van der Waals surface area contributed by atoms with Gasteiger partial charge in [-0.15, -0.1) is 12.4 Å². The van der Waals surface area contributed by atoms with Crippen LogP contribution in [0.15, 0.2) is 18.2 Å². The molecular formula is C18H28ClNO. The van der Waals surface area contributed by atoms with Crippen LogP contribution in [0, 0.1) is 5.41 Å². The zero-order chi connectivity index (χ0) is 14.5. The Kier molecular flexibility index (Phi) is 4.34. The summed E-state index contributed by atoms with van der Waals surface area (Å²) >= 11 is 0. The van der Waals surface area contributed by atoms with Crippen LogP contribution in [0.25, 0.3) is 0 Å². The summed E-state index contributed by atoms with van der Waals surface area (Å²) in [6, 6.07) is 6.63. The molecule has 1 N–H and O–H groups in total. The highest BCUT2D eigenvalue weighted by atomic mass is 35.5. The molecule has 1 saturated heterocycles. The van der Waals surface area contributed by atoms with Gasteiger partial charge in [-0.3, -0.25) is 4.90 Å². The molecule has 3 heteroatoms. The van der Waals surface area contributed by atoms with Crippen molar-refractivity contribution in [3.8, 4) is 5.75 Å². The van der Waals surface area contributed by atoms with E-state index in [1.54, 1.807) is 0 Å². The molecule has 0 amide bonds. The monoisotopic (exact) mass is 309 g/mol. The van der Waals surface area contributed by atoms with Crippen molar-refractivity contribution in [3.05, 3.63) is 29.3 Å². The van der Waals surface area contributed by atoms with Gasteiger partial charge < -0.3 is 5.11 Å². The molecule has 1 fully saturated rings. The molecule has 2 nitrogen and oxygen atoms in total. The van der Waals surface area contributed by atoms with Crippen LogP contribution in [0.3, 0.4) is 0 Å². The molecule has 2 atom stereocenters. The van der Waals surface area contributed by atoms with Crippen molar-refractivity contribution in [2.24, 2.45) is 5.41 Å². The summed E-state index contributed by atoms with van der Waals surface area (Å²) in [5.41, 5.74) is 2.97. The predicted octanol–water partition coefficient (Wildman–Crippen LogP) is 4.14. The normalized spacial score (nSPS) is 30.4. The number of rotatable bonds is 2. The van der Waals surface area contributed by atoms with Gasteiger partial charge >= 0.3 is 0 Å². The fraction of sp³-hybridized carbons (Fsp3) is 0.667. The molecule has 2 aliphatic rings. The highest BCUT2D eigenvalue weighted by Crippen LogP contribution is 2.57. The van der Waals surface area contributed by atoms with Crippen LogP contribution in [0.5, 0.6) is 5.75 Å². The first-order valence-electron chi connectivity index (χ1n) is 7.97. The lowest BCUT2D eigenvalue weighted by Crippen LogP contribution is -2.53. The third-order valence-electron chi connectivity index (χ3n) is 6.26. The molecule has 3 rings (SSSR count). The minimum atomic E-state index is 0. The Balaban J connectivity index is 0.00000161. The molecule has 1 aliphatic heterocycles. The Bertz CT molecular complexity index is 528. The van der Waals surface area contributed by atoms with E-state index in [9.17, 15) is 5.11 Å². The maximum atomic E-state index is 10.3. The Hall–Kier alpha value is -0.730. The van der Waals surface area contributed by atoms with Crippen molar-refractivity contribution in [2.75, 3.05) is 13.1 Å². The molecule has 21 heavy (non-hydrogen) atoms. The number of halogens is 1. The topological polar surface area (TPSA) is 23.5 Å². The second-order valence-electron chi connectivity index (χ2n) is 7.35. The highest BCUT2D eigenvalue weighted by Gasteiger charge is 2.56. The van der Waals surface area contributed by atoms with Gasteiger partial charge in [0.15, 0.2) is 0 Å². The number of fused-ring (bicyclic) bond motifs is 2. The molecule has 1 aromatic carbocycles. The Labute approximate surface area is 135 Å². The zero-order valence-corrected chi connectivity index (χ0v) is 14.5. The van der Waals surface area contributed by atoms with E-state index in [2.05, 4.69) is 38.7 Å². The summed E-state index contributed by atoms with van der Waals surface area (Å²) in [6.45, 7) is 11.8. The molecule has 0 bridgehead atoms. The van der Waals surface area contributed by atoms with Crippen molar-refractivity contribution >= 4 is 12.4 Å². The summed E-state index contributed by atoms with van der Waals surface area (Å²) < 4.78 is 0. The van der Waals surface area contributed by atoms with Crippen molar-refractivity contribution in [1.82, 2.24) is 4.90 Å². The van der Waals surface area contributed by atoms with E-state index >= 15 is 0 Å². The smallest absolute Gasteiger partial charge is 0.119 e. The number of benzene rings is 1. The lowest BCUT2D eigenvalue weighted by Gasteiger charge is -2.52. The highest BCUT2D eigenvalue weighted by molar-refractivity contribution is 5.85. The number of phenolic OH excluding ortho intramolecular Hbond substituents is 1. The van der Waals surface area contributed by atoms with Crippen molar-refractivity contribution in [1.29, 1.82) is 0 Å². The fourth-order valence-electron chi connectivity index (χ4n) is 4.62. The first-order valence-corrected chi connectivity index (χ1v) is 7.97. The molecule has 0 aromatic heterocycles. The second-order valence-corrected chi connectivity index (χ2v) is 7.35. The average molecular weight is 310 g/mol. The minimum Gasteiger partial charge on any atom is -0.508 e. The van der Waals surface area contributed by atoms with Crippen LogP contribution in [0.4, 0.5) is 0 Å². The van der Waals surface area contributed by atoms with E-state index in [1.165, 1.54) is 37.1 Å². The van der Waals surface area contributed by atoms with E-state index in [-0.39, 0.29) is 17.8 Å². The van der Waals surface area contributed by atoms with E-state index in [0.29, 0.717) is 17.2 Å². The van der Waals surface area contributed by atoms with E-state index < -0.39 is 0 Å². The first kappa shape index (κ1) is 16.6. The summed E-state index contributed by atoms with van der Waals surface area (Å²) in [4.78, 5) is 2.65. The Morgan fingerprint density at radius 2 is 2.00 bits per heavy atom. The third-order valence-corrected chi connectivity index (χ3v) is 6.26. The molecule has 0 spiro atoms. The van der Waals surface area contributed by atoms with Gasteiger partial charge in [0.1, 0.15) is 5.75 Å². The first-order chi connectivity index (χ1) is 9.41. The molecular weight excluding hydrogens is 282 g/mol. The standard InChI is InChI=1S/C18H27NO.ClH/c1-5-10-19-11-9-18(4)16(19)12-13-14(17(18,2)3)7-6-8-15(13)20;/h6-8,16,20H,5,9-12H2,1-4H3;1H. The Morgan fingerprint density at radius 3 is 2.67 bits per heavy atom. The van der Waals surface area contributed by atoms with Gasteiger partial charge in [-0.2, -0.15) is 0 Å². The van der Waals surface area contributed by atoms with Gasteiger partial charge in [-0.25, -0.2) is 0 Å². The molecule has 118 valence electrons.